The first-order chi connectivity index (χ1) is 15.3. The molecular formula is C21H20F3N7O. The molecule has 0 spiro atoms. The molecule has 32 heavy (non-hydrogen) atoms. The van der Waals surface area contributed by atoms with Gasteiger partial charge in [0.2, 0.25) is 0 Å². The third kappa shape index (κ3) is 3.52. The molecule has 3 aromatic rings. The number of fused-ring (bicyclic) bond motifs is 2. The van der Waals surface area contributed by atoms with Crippen molar-refractivity contribution >= 4 is 11.6 Å². The minimum atomic E-state index is -4.54. The molecule has 166 valence electrons. The fourth-order valence-corrected chi connectivity index (χ4v) is 4.75. The second-order valence-electron chi connectivity index (χ2n) is 8.14. The van der Waals surface area contributed by atoms with E-state index in [1.54, 1.807) is 30.6 Å². The van der Waals surface area contributed by atoms with Gasteiger partial charge in [-0.25, -0.2) is 9.97 Å². The van der Waals surface area contributed by atoms with Crippen LogP contribution in [0.3, 0.4) is 0 Å². The quantitative estimate of drug-likeness (QED) is 0.607. The molecule has 5 atom stereocenters. The number of para-hydroxylation sites is 1. The second kappa shape index (κ2) is 7.66. The van der Waals surface area contributed by atoms with E-state index in [2.05, 4.69) is 37.3 Å². The number of Topliss-reactive ketones (excluding diaryl/α,β-unsaturated/α-hetero) is 1. The average Bonchev–Trinajstić information content (AvgIpc) is 3.50. The number of carbonyl (C=O) groups is 1. The standard InChI is InChI=1S/C21H20F3N7O/c1-12-13-8-18(29-17-10-25-16(9-26-17)21(22,23)24)30(11-13)19(12)20(32)14-4-2-3-5-15(14)31-27-6-7-28-31/h2-7,9-10,12-13,18-19H,8,11H2,1H3,(H,26,29). The summed E-state index contributed by atoms with van der Waals surface area (Å²) in [4.78, 5) is 24.4. The summed E-state index contributed by atoms with van der Waals surface area (Å²) in [5.41, 5.74) is 0.0970. The van der Waals surface area contributed by atoms with Crippen LogP contribution in [0.25, 0.3) is 5.69 Å². The summed E-state index contributed by atoms with van der Waals surface area (Å²) in [5, 5.41) is 11.5. The summed E-state index contributed by atoms with van der Waals surface area (Å²) in [6.07, 6.45) is 0.914. The lowest BCUT2D eigenvalue weighted by Gasteiger charge is -2.36. The van der Waals surface area contributed by atoms with Gasteiger partial charge in [0.25, 0.3) is 0 Å². The van der Waals surface area contributed by atoms with Crippen molar-refractivity contribution in [3.63, 3.8) is 0 Å². The summed E-state index contributed by atoms with van der Waals surface area (Å²) >= 11 is 0. The van der Waals surface area contributed by atoms with Crippen LogP contribution >= 0.6 is 0 Å². The highest BCUT2D eigenvalue weighted by Crippen LogP contribution is 2.43. The Balaban J connectivity index is 1.38. The lowest BCUT2D eigenvalue weighted by molar-refractivity contribution is -0.141. The van der Waals surface area contributed by atoms with E-state index in [-0.39, 0.29) is 29.7 Å². The van der Waals surface area contributed by atoms with Crippen LogP contribution in [-0.2, 0) is 6.18 Å². The van der Waals surface area contributed by atoms with Gasteiger partial charge in [0.15, 0.2) is 11.5 Å². The topological polar surface area (TPSA) is 88.8 Å². The number of benzene rings is 1. The second-order valence-corrected chi connectivity index (χ2v) is 8.14. The molecule has 0 amide bonds. The fraction of sp³-hybridized carbons (Fsp3) is 0.381. The van der Waals surface area contributed by atoms with Crippen molar-refractivity contribution in [2.24, 2.45) is 11.8 Å². The van der Waals surface area contributed by atoms with Gasteiger partial charge in [-0.05, 0) is 30.4 Å². The number of ketones is 1. The highest BCUT2D eigenvalue weighted by molar-refractivity contribution is 6.03. The van der Waals surface area contributed by atoms with Crippen LogP contribution in [0.5, 0.6) is 0 Å². The molecule has 2 aliphatic rings. The summed E-state index contributed by atoms with van der Waals surface area (Å²) in [6.45, 7) is 2.79. The van der Waals surface area contributed by atoms with Crippen LogP contribution in [0, 0.1) is 11.8 Å². The summed E-state index contributed by atoms with van der Waals surface area (Å²) in [6, 6.07) is 6.83. The Kier molecular flexibility index (Phi) is 4.92. The molecule has 0 aliphatic carbocycles. The molecule has 4 heterocycles. The van der Waals surface area contributed by atoms with E-state index in [0.29, 0.717) is 23.4 Å². The van der Waals surface area contributed by atoms with E-state index < -0.39 is 11.9 Å². The number of alkyl halides is 3. The molecule has 2 bridgehead atoms. The largest absolute Gasteiger partial charge is 0.434 e. The molecule has 0 saturated carbocycles. The number of hydrogen-bond donors (Lipinski definition) is 1. The molecule has 8 nitrogen and oxygen atoms in total. The number of halogens is 3. The highest BCUT2D eigenvalue weighted by atomic mass is 19.4. The van der Waals surface area contributed by atoms with Crippen LogP contribution in [-0.4, -0.2) is 54.4 Å². The van der Waals surface area contributed by atoms with Crippen molar-refractivity contribution in [2.75, 3.05) is 11.9 Å². The Morgan fingerprint density at radius 1 is 1.12 bits per heavy atom. The van der Waals surface area contributed by atoms with Crippen LogP contribution in [0.4, 0.5) is 19.0 Å². The lowest BCUT2D eigenvalue weighted by Crippen LogP contribution is -2.49. The average molecular weight is 443 g/mol. The Bertz CT molecular complexity index is 1120. The first-order valence-electron chi connectivity index (χ1n) is 10.2. The van der Waals surface area contributed by atoms with Crippen molar-refractivity contribution in [1.29, 1.82) is 0 Å². The summed E-state index contributed by atoms with van der Waals surface area (Å²) in [5.74, 6) is 0.644. The molecule has 2 aliphatic heterocycles. The molecular weight excluding hydrogens is 423 g/mol. The van der Waals surface area contributed by atoms with Gasteiger partial charge in [-0.2, -0.15) is 28.2 Å². The number of piperidine rings is 1. The SMILES string of the molecule is CC1C2CC(Nc3cnc(C(F)(F)F)cn3)N(C2)C1C(=O)c1ccccc1-n1nccn1. The van der Waals surface area contributed by atoms with Gasteiger partial charge in [0.1, 0.15) is 5.82 Å². The monoisotopic (exact) mass is 443 g/mol. The third-order valence-electron chi connectivity index (χ3n) is 6.30. The van der Waals surface area contributed by atoms with Crippen LogP contribution in [0.1, 0.15) is 29.4 Å². The first kappa shape index (κ1) is 20.6. The zero-order valence-electron chi connectivity index (χ0n) is 17.1. The van der Waals surface area contributed by atoms with Crippen LogP contribution < -0.4 is 5.32 Å². The molecule has 2 aromatic heterocycles. The molecule has 5 rings (SSSR count). The number of anilines is 1. The molecule has 5 unspecified atom stereocenters. The number of aromatic nitrogens is 5. The highest BCUT2D eigenvalue weighted by Gasteiger charge is 2.52. The van der Waals surface area contributed by atoms with E-state index in [9.17, 15) is 18.0 Å². The molecule has 1 aromatic carbocycles. The number of hydrogen-bond acceptors (Lipinski definition) is 7. The summed E-state index contributed by atoms with van der Waals surface area (Å²) in [7, 11) is 0. The predicted octanol–water partition coefficient (Wildman–Crippen LogP) is 3.04. The van der Waals surface area contributed by atoms with E-state index in [1.165, 1.54) is 4.80 Å². The number of rotatable bonds is 5. The van der Waals surface area contributed by atoms with E-state index >= 15 is 0 Å². The van der Waals surface area contributed by atoms with Gasteiger partial charge in [0, 0.05) is 12.1 Å². The third-order valence-corrected chi connectivity index (χ3v) is 6.30. The van der Waals surface area contributed by atoms with Gasteiger partial charge in [0.05, 0.1) is 42.7 Å². The van der Waals surface area contributed by atoms with Crippen molar-refractivity contribution in [2.45, 2.75) is 31.7 Å². The minimum absolute atomic E-state index is 0.0297. The Labute approximate surface area is 181 Å². The first-order valence-corrected chi connectivity index (χ1v) is 10.2. The number of nitrogens with one attached hydrogen (secondary N) is 1. The van der Waals surface area contributed by atoms with E-state index in [0.717, 1.165) is 19.2 Å². The van der Waals surface area contributed by atoms with E-state index in [1.807, 2.05) is 6.07 Å². The smallest absolute Gasteiger partial charge is 0.353 e. The zero-order chi connectivity index (χ0) is 22.5. The van der Waals surface area contributed by atoms with Crippen molar-refractivity contribution in [1.82, 2.24) is 29.9 Å². The maximum absolute atomic E-state index is 13.6. The van der Waals surface area contributed by atoms with Crippen LogP contribution in [0.2, 0.25) is 0 Å². The van der Waals surface area contributed by atoms with E-state index in [4.69, 9.17) is 0 Å². The Hall–Kier alpha value is -3.34. The van der Waals surface area contributed by atoms with Crippen molar-refractivity contribution in [3.05, 3.63) is 60.3 Å². The maximum atomic E-state index is 13.6. The fourth-order valence-electron chi connectivity index (χ4n) is 4.75. The predicted molar refractivity (Wildman–Crippen MR) is 108 cm³/mol. The lowest BCUT2D eigenvalue weighted by atomic mass is 9.83. The molecule has 2 saturated heterocycles. The summed E-state index contributed by atoms with van der Waals surface area (Å²) < 4.78 is 38.2. The Morgan fingerprint density at radius 3 is 2.53 bits per heavy atom. The molecule has 0 radical (unpaired) electrons. The minimum Gasteiger partial charge on any atom is -0.353 e. The number of nitrogens with zero attached hydrogens (tertiary/aromatic N) is 6. The van der Waals surface area contributed by atoms with Crippen LogP contribution in [0.15, 0.2) is 49.1 Å². The Morgan fingerprint density at radius 2 is 1.88 bits per heavy atom. The molecule has 11 heteroatoms. The normalized spacial score (nSPS) is 26.9. The van der Waals surface area contributed by atoms with Crippen molar-refractivity contribution < 1.29 is 18.0 Å². The molecule has 1 N–H and O–H groups in total. The van der Waals surface area contributed by atoms with Gasteiger partial charge >= 0.3 is 6.18 Å². The van der Waals surface area contributed by atoms with Gasteiger partial charge in [-0.1, -0.05) is 19.1 Å². The van der Waals surface area contributed by atoms with Gasteiger partial charge < -0.3 is 5.32 Å². The van der Waals surface area contributed by atoms with Crippen molar-refractivity contribution in [3.8, 4) is 5.69 Å². The van der Waals surface area contributed by atoms with Gasteiger partial charge in [-0.15, -0.1) is 0 Å². The maximum Gasteiger partial charge on any atom is 0.434 e. The number of carbonyl (C=O) groups excluding carboxylic acids is 1. The molecule has 2 fully saturated rings. The zero-order valence-corrected chi connectivity index (χ0v) is 17.1. The van der Waals surface area contributed by atoms with Gasteiger partial charge in [-0.3, -0.25) is 9.69 Å².